The van der Waals surface area contributed by atoms with Crippen molar-refractivity contribution in [3.8, 4) is 0 Å². The number of nitrogens with two attached hydrogens (primary N) is 1. The molecule has 0 unspecified atom stereocenters. The minimum atomic E-state index is 0.0184. The quantitative estimate of drug-likeness (QED) is 0.595. The maximum atomic E-state index is 11.0. The monoisotopic (exact) mass is 197 g/mol. The molecule has 1 aromatic rings. The zero-order valence-corrected chi connectivity index (χ0v) is 8.27. The van der Waals surface area contributed by atoms with E-state index in [1.165, 1.54) is 0 Å². The number of carbonyl (C=O) groups excluding carboxylic acids is 1. The van der Waals surface area contributed by atoms with Crippen molar-refractivity contribution in [1.29, 1.82) is 0 Å². The van der Waals surface area contributed by atoms with Gasteiger partial charge in [-0.25, -0.2) is 0 Å². The van der Waals surface area contributed by atoms with E-state index >= 15 is 0 Å². The van der Waals surface area contributed by atoms with Crippen molar-refractivity contribution in [2.45, 2.75) is 13.3 Å². The average Bonchev–Trinajstić information content (AvgIpc) is 2.11. The molecule has 0 atom stereocenters. The molecule has 0 heterocycles. The number of alkyl halides is 1. The van der Waals surface area contributed by atoms with E-state index in [9.17, 15) is 4.79 Å². The van der Waals surface area contributed by atoms with Gasteiger partial charge in [0.15, 0.2) is 5.78 Å². The van der Waals surface area contributed by atoms with E-state index in [2.05, 4.69) is 0 Å². The lowest BCUT2D eigenvalue weighted by Crippen LogP contribution is -2.04. The summed E-state index contributed by atoms with van der Waals surface area (Å²) < 4.78 is 0. The van der Waals surface area contributed by atoms with Gasteiger partial charge in [-0.15, -0.1) is 11.6 Å². The number of hydrogen-bond donors (Lipinski definition) is 1. The largest absolute Gasteiger partial charge is 0.399 e. The Balaban J connectivity index is 2.79. The fourth-order valence-electron chi connectivity index (χ4n) is 1.07. The second kappa shape index (κ2) is 4.28. The number of aryl methyl sites for hydroxylation is 1. The fourth-order valence-corrected chi connectivity index (χ4v) is 1.17. The molecule has 1 rings (SSSR count). The molecule has 13 heavy (non-hydrogen) atoms. The summed E-state index contributed by atoms with van der Waals surface area (Å²) >= 11 is 5.39. The van der Waals surface area contributed by atoms with Crippen molar-refractivity contribution in [1.82, 2.24) is 0 Å². The lowest BCUT2D eigenvalue weighted by Gasteiger charge is -2.03. The molecule has 0 amide bonds. The van der Waals surface area contributed by atoms with Crippen LogP contribution in [0.15, 0.2) is 18.2 Å². The van der Waals surface area contributed by atoms with E-state index in [1.54, 1.807) is 0 Å². The first kappa shape index (κ1) is 10.1. The number of nitrogen functional groups attached to an aromatic ring is 1. The third-order valence-corrected chi connectivity index (χ3v) is 2.19. The molecule has 0 aromatic heterocycles. The van der Waals surface area contributed by atoms with Crippen LogP contribution in [0.25, 0.3) is 0 Å². The first-order valence-electron chi connectivity index (χ1n) is 4.06. The highest BCUT2D eigenvalue weighted by Gasteiger charge is 2.02. The molecule has 0 fully saturated rings. The molecular formula is C10H12ClNO. The van der Waals surface area contributed by atoms with Gasteiger partial charge in [-0.2, -0.15) is 0 Å². The summed E-state index contributed by atoms with van der Waals surface area (Å²) in [6, 6.07) is 5.63. The Morgan fingerprint density at radius 3 is 2.77 bits per heavy atom. The van der Waals surface area contributed by atoms with Gasteiger partial charge in [0, 0.05) is 12.1 Å². The molecule has 0 saturated carbocycles. The predicted octanol–water partition coefficient (Wildman–Crippen LogP) is 1.93. The Morgan fingerprint density at radius 1 is 1.54 bits per heavy atom. The van der Waals surface area contributed by atoms with Gasteiger partial charge in [-0.3, -0.25) is 4.79 Å². The maximum Gasteiger partial charge on any atom is 0.151 e. The Labute approximate surface area is 82.7 Å². The van der Waals surface area contributed by atoms with Gasteiger partial charge >= 0.3 is 0 Å². The van der Waals surface area contributed by atoms with Gasteiger partial charge in [0.1, 0.15) is 0 Å². The van der Waals surface area contributed by atoms with Crippen LogP contribution in [0.3, 0.4) is 0 Å². The van der Waals surface area contributed by atoms with E-state index in [-0.39, 0.29) is 11.7 Å². The lowest BCUT2D eigenvalue weighted by molar-refractivity contribution is -0.116. The van der Waals surface area contributed by atoms with Crippen LogP contribution in [0.5, 0.6) is 0 Å². The van der Waals surface area contributed by atoms with E-state index < -0.39 is 0 Å². The van der Waals surface area contributed by atoms with Crippen molar-refractivity contribution >= 4 is 23.1 Å². The summed E-state index contributed by atoms with van der Waals surface area (Å²) in [6.07, 6.45) is 0.369. The molecule has 0 saturated heterocycles. The second-order valence-corrected chi connectivity index (χ2v) is 3.31. The third-order valence-electron chi connectivity index (χ3n) is 1.89. The molecule has 2 N–H and O–H groups in total. The molecule has 0 aliphatic rings. The van der Waals surface area contributed by atoms with Gasteiger partial charge < -0.3 is 5.73 Å². The number of anilines is 1. The molecule has 1 aromatic carbocycles. The topological polar surface area (TPSA) is 43.1 Å². The van der Waals surface area contributed by atoms with Crippen molar-refractivity contribution < 1.29 is 4.79 Å². The SMILES string of the molecule is Cc1ccc(CC(=O)CCl)cc1N. The van der Waals surface area contributed by atoms with Crippen molar-refractivity contribution in [3.05, 3.63) is 29.3 Å². The van der Waals surface area contributed by atoms with Crippen LogP contribution in [-0.2, 0) is 11.2 Å². The van der Waals surface area contributed by atoms with Crippen LogP contribution in [0.1, 0.15) is 11.1 Å². The molecule has 3 heteroatoms. The number of Topliss-reactive ketones (excluding diaryl/α,β-unsaturated/α-hetero) is 1. The zero-order valence-electron chi connectivity index (χ0n) is 7.51. The van der Waals surface area contributed by atoms with E-state index in [4.69, 9.17) is 17.3 Å². The van der Waals surface area contributed by atoms with Crippen LogP contribution in [-0.4, -0.2) is 11.7 Å². The minimum Gasteiger partial charge on any atom is -0.399 e. The number of benzene rings is 1. The van der Waals surface area contributed by atoms with E-state index in [0.29, 0.717) is 6.42 Å². The highest BCUT2D eigenvalue weighted by Crippen LogP contribution is 2.13. The molecule has 0 aliphatic carbocycles. The summed E-state index contributed by atoms with van der Waals surface area (Å²) in [5, 5.41) is 0. The van der Waals surface area contributed by atoms with E-state index in [1.807, 2.05) is 25.1 Å². The van der Waals surface area contributed by atoms with E-state index in [0.717, 1.165) is 16.8 Å². The molecule has 0 bridgehead atoms. The summed E-state index contributed by atoms with van der Waals surface area (Å²) in [4.78, 5) is 11.0. The molecular weight excluding hydrogens is 186 g/mol. The zero-order chi connectivity index (χ0) is 9.84. The molecule has 0 aliphatic heterocycles. The molecule has 70 valence electrons. The fraction of sp³-hybridized carbons (Fsp3) is 0.300. The van der Waals surface area contributed by atoms with Crippen LogP contribution in [0.4, 0.5) is 5.69 Å². The summed E-state index contributed by atoms with van der Waals surface area (Å²) in [5.74, 6) is 0.0817. The van der Waals surface area contributed by atoms with Gasteiger partial charge in [0.05, 0.1) is 5.88 Å². The normalized spacial score (nSPS) is 10.0. The smallest absolute Gasteiger partial charge is 0.151 e. The molecule has 0 spiro atoms. The van der Waals surface area contributed by atoms with Crippen LogP contribution >= 0.6 is 11.6 Å². The minimum absolute atomic E-state index is 0.0184. The van der Waals surface area contributed by atoms with Crippen molar-refractivity contribution in [2.75, 3.05) is 11.6 Å². The summed E-state index contributed by atoms with van der Waals surface area (Å²) in [6.45, 7) is 1.93. The number of halogens is 1. The summed E-state index contributed by atoms with van der Waals surface area (Å²) in [5.41, 5.74) is 8.37. The molecule has 2 nitrogen and oxygen atoms in total. The van der Waals surface area contributed by atoms with Crippen LogP contribution < -0.4 is 5.73 Å². The number of hydrogen-bond acceptors (Lipinski definition) is 2. The van der Waals surface area contributed by atoms with Crippen molar-refractivity contribution in [2.24, 2.45) is 0 Å². The second-order valence-electron chi connectivity index (χ2n) is 3.04. The lowest BCUT2D eigenvalue weighted by atomic mass is 10.1. The summed E-state index contributed by atoms with van der Waals surface area (Å²) in [7, 11) is 0. The Kier molecular flexibility index (Phi) is 3.32. The third kappa shape index (κ3) is 2.74. The first-order valence-corrected chi connectivity index (χ1v) is 4.59. The van der Waals surface area contributed by atoms with Crippen LogP contribution in [0.2, 0.25) is 0 Å². The van der Waals surface area contributed by atoms with Gasteiger partial charge in [-0.1, -0.05) is 12.1 Å². The average molecular weight is 198 g/mol. The standard InChI is InChI=1S/C10H12ClNO/c1-7-2-3-8(5-10(7)12)4-9(13)6-11/h2-3,5H,4,6,12H2,1H3. The Bertz CT molecular complexity index is 323. The number of carbonyl (C=O) groups is 1. The highest BCUT2D eigenvalue weighted by molar-refractivity contribution is 6.27. The van der Waals surface area contributed by atoms with Crippen LogP contribution in [0, 0.1) is 6.92 Å². The number of ketones is 1. The first-order chi connectivity index (χ1) is 6.13. The predicted molar refractivity (Wildman–Crippen MR) is 55.0 cm³/mol. The highest BCUT2D eigenvalue weighted by atomic mass is 35.5. The van der Waals surface area contributed by atoms with Gasteiger partial charge in [0.25, 0.3) is 0 Å². The van der Waals surface area contributed by atoms with Gasteiger partial charge in [0.2, 0.25) is 0 Å². The Hall–Kier alpha value is -1.02. The Morgan fingerprint density at radius 2 is 2.23 bits per heavy atom. The molecule has 0 radical (unpaired) electrons. The van der Waals surface area contributed by atoms with Gasteiger partial charge in [-0.05, 0) is 24.1 Å². The maximum absolute atomic E-state index is 11.0. The number of rotatable bonds is 3. The van der Waals surface area contributed by atoms with Crippen molar-refractivity contribution in [3.63, 3.8) is 0 Å².